The number of aliphatic carboxylic acids is 1. The van der Waals surface area contributed by atoms with E-state index in [0.717, 1.165) is 5.56 Å². The summed E-state index contributed by atoms with van der Waals surface area (Å²) in [6.45, 7) is 0. The van der Waals surface area contributed by atoms with Crippen molar-refractivity contribution >= 4 is 5.97 Å². The number of benzene rings is 1. The molecule has 5 heteroatoms. The van der Waals surface area contributed by atoms with Crippen LogP contribution in [0.2, 0.25) is 0 Å². The fraction of sp³-hybridized carbons (Fsp3) is 0.300. The van der Waals surface area contributed by atoms with Crippen molar-refractivity contribution in [2.45, 2.75) is 12.5 Å². The van der Waals surface area contributed by atoms with Crippen molar-refractivity contribution in [2.24, 2.45) is 0 Å². The van der Waals surface area contributed by atoms with Gasteiger partial charge in [-0.15, -0.1) is 0 Å². The van der Waals surface area contributed by atoms with Crippen LogP contribution in [-0.4, -0.2) is 24.3 Å². The van der Waals surface area contributed by atoms with Gasteiger partial charge in [-0.1, -0.05) is 12.1 Å². The normalized spacial score (nSPS) is 11.5. The number of phenols is 1. The molecule has 1 unspecified atom stereocenters. The zero-order valence-corrected chi connectivity index (χ0v) is 10.8. The van der Waals surface area contributed by atoms with Gasteiger partial charge in [0.1, 0.15) is 11.9 Å². The van der Waals surface area contributed by atoms with Crippen LogP contribution in [0.3, 0.4) is 0 Å². The van der Waals surface area contributed by atoms with Crippen LogP contribution in [0.25, 0.3) is 0 Å². The minimum absolute atomic E-state index is 0. The Hall–Kier alpha value is -0.550. The van der Waals surface area contributed by atoms with Crippen LogP contribution >= 0.6 is 0 Å². The molecule has 1 aromatic rings. The molecule has 1 aromatic carbocycles. The predicted octanol–water partition coefficient (Wildman–Crippen LogP) is -3.30. The summed E-state index contributed by atoms with van der Waals surface area (Å²) in [7, 11) is 1.32. The standard InChI is InChI=1S/C10H12O4.Na/c1-14-9(10(12)13)6-7-2-4-8(11)5-3-7;/h2-5,9,11H,6H2,1H3,(H,12,13);/q;+1/p-1. The molecule has 0 amide bonds. The van der Waals surface area contributed by atoms with Crippen LogP contribution in [0.1, 0.15) is 5.56 Å². The third-order valence-corrected chi connectivity index (χ3v) is 1.90. The van der Waals surface area contributed by atoms with E-state index in [-0.39, 0.29) is 41.7 Å². The number of hydrogen-bond acceptors (Lipinski definition) is 4. The van der Waals surface area contributed by atoms with Gasteiger partial charge in [-0.05, 0) is 17.7 Å². The van der Waals surface area contributed by atoms with E-state index in [9.17, 15) is 9.90 Å². The zero-order valence-electron chi connectivity index (χ0n) is 8.77. The molecular weight excluding hydrogens is 207 g/mol. The molecule has 0 aliphatic rings. The van der Waals surface area contributed by atoms with Gasteiger partial charge in [0, 0.05) is 13.5 Å². The average Bonchev–Trinajstić information content (AvgIpc) is 2.16. The quantitative estimate of drug-likeness (QED) is 0.538. The van der Waals surface area contributed by atoms with E-state index in [0.29, 0.717) is 0 Å². The predicted molar refractivity (Wildman–Crippen MR) is 47.6 cm³/mol. The van der Waals surface area contributed by atoms with Crippen LogP contribution in [0.4, 0.5) is 0 Å². The molecule has 1 rings (SSSR count). The third-order valence-electron chi connectivity index (χ3n) is 1.90. The van der Waals surface area contributed by atoms with Gasteiger partial charge in [-0.25, -0.2) is 0 Å². The van der Waals surface area contributed by atoms with Gasteiger partial charge in [-0.3, -0.25) is 0 Å². The third kappa shape index (κ3) is 4.66. The second kappa shape index (κ2) is 6.85. The maximum atomic E-state index is 10.5. The Kier molecular flexibility index (Phi) is 6.60. The van der Waals surface area contributed by atoms with Crippen molar-refractivity contribution in [1.82, 2.24) is 0 Å². The molecule has 0 saturated carbocycles. The van der Waals surface area contributed by atoms with Gasteiger partial charge in [0.2, 0.25) is 0 Å². The topological polar surface area (TPSA) is 69.6 Å². The number of carbonyl (C=O) groups is 1. The molecule has 1 N–H and O–H groups in total. The summed E-state index contributed by atoms with van der Waals surface area (Å²) < 4.78 is 4.72. The minimum atomic E-state index is -1.24. The number of methoxy groups -OCH3 is 1. The molecule has 0 bridgehead atoms. The Bertz CT molecular complexity index is 310. The Morgan fingerprint density at radius 3 is 2.40 bits per heavy atom. The number of carboxylic acids is 1. The van der Waals surface area contributed by atoms with Crippen LogP contribution in [-0.2, 0) is 16.0 Å². The van der Waals surface area contributed by atoms with Crippen molar-refractivity contribution in [3.8, 4) is 5.75 Å². The molecule has 4 nitrogen and oxygen atoms in total. The van der Waals surface area contributed by atoms with E-state index in [1.165, 1.54) is 19.2 Å². The van der Waals surface area contributed by atoms with Crippen LogP contribution in [0, 0.1) is 0 Å². The maximum absolute atomic E-state index is 10.5. The summed E-state index contributed by atoms with van der Waals surface area (Å²) in [5, 5.41) is 19.5. The first kappa shape index (κ1) is 14.5. The molecule has 76 valence electrons. The molecule has 15 heavy (non-hydrogen) atoms. The molecule has 0 saturated heterocycles. The van der Waals surface area contributed by atoms with Gasteiger partial charge >= 0.3 is 29.6 Å². The van der Waals surface area contributed by atoms with Gasteiger partial charge < -0.3 is 19.7 Å². The van der Waals surface area contributed by atoms with Crippen molar-refractivity contribution in [3.63, 3.8) is 0 Å². The number of aromatic hydroxyl groups is 1. The Morgan fingerprint density at radius 1 is 1.47 bits per heavy atom. The van der Waals surface area contributed by atoms with Crippen molar-refractivity contribution < 1.29 is 49.3 Å². The molecule has 0 radical (unpaired) electrons. The molecule has 0 aliphatic heterocycles. The Balaban J connectivity index is 0.00000196. The smallest absolute Gasteiger partial charge is 0.547 e. The summed E-state index contributed by atoms with van der Waals surface area (Å²) in [6.07, 6.45) is -0.710. The van der Waals surface area contributed by atoms with Gasteiger partial charge in [0.25, 0.3) is 0 Å². The second-order valence-corrected chi connectivity index (χ2v) is 2.91. The van der Waals surface area contributed by atoms with Gasteiger partial charge in [0.05, 0.1) is 5.97 Å². The van der Waals surface area contributed by atoms with Gasteiger partial charge in [0.15, 0.2) is 0 Å². The van der Waals surface area contributed by atoms with Crippen LogP contribution in [0.15, 0.2) is 24.3 Å². The van der Waals surface area contributed by atoms with Crippen LogP contribution < -0.4 is 34.7 Å². The molecule has 1 atom stereocenters. The molecule has 0 aromatic heterocycles. The van der Waals surface area contributed by atoms with E-state index in [1.807, 2.05) is 0 Å². The summed E-state index contributed by atoms with van der Waals surface area (Å²) in [6, 6.07) is 6.28. The first-order valence-electron chi connectivity index (χ1n) is 4.15. The molecule has 0 fully saturated rings. The summed E-state index contributed by atoms with van der Waals surface area (Å²) in [5.41, 5.74) is 0.777. The first-order chi connectivity index (χ1) is 6.63. The maximum Gasteiger partial charge on any atom is 1.00 e. The summed E-state index contributed by atoms with van der Waals surface area (Å²) in [4.78, 5) is 10.5. The van der Waals surface area contributed by atoms with Gasteiger partial charge in [-0.2, -0.15) is 0 Å². The van der Waals surface area contributed by atoms with Crippen LogP contribution in [0.5, 0.6) is 5.75 Å². The zero-order chi connectivity index (χ0) is 10.6. The number of carboxylic acid groups (broad SMARTS) is 1. The minimum Gasteiger partial charge on any atom is -0.547 e. The first-order valence-corrected chi connectivity index (χ1v) is 4.15. The van der Waals surface area contributed by atoms with Crippen molar-refractivity contribution in [2.75, 3.05) is 7.11 Å². The fourth-order valence-electron chi connectivity index (χ4n) is 1.11. The Morgan fingerprint density at radius 2 is 2.00 bits per heavy atom. The van der Waals surface area contributed by atoms with E-state index >= 15 is 0 Å². The van der Waals surface area contributed by atoms with Crippen molar-refractivity contribution in [1.29, 1.82) is 0 Å². The monoisotopic (exact) mass is 218 g/mol. The molecule has 0 aliphatic carbocycles. The summed E-state index contributed by atoms with van der Waals surface area (Å²) in [5.74, 6) is -1.09. The van der Waals surface area contributed by atoms with E-state index in [4.69, 9.17) is 9.84 Å². The van der Waals surface area contributed by atoms with E-state index < -0.39 is 12.1 Å². The van der Waals surface area contributed by atoms with E-state index in [1.54, 1.807) is 12.1 Å². The Labute approximate surface area is 110 Å². The number of ether oxygens (including phenoxy) is 1. The number of hydrogen-bond donors (Lipinski definition) is 1. The molecule has 0 spiro atoms. The largest absolute Gasteiger partial charge is 1.00 e. The van der Waals surface area contributed by atoms with Crippen molar-refractivity contribution in [3.05, 3.63) is 29.8 Å². The number of phenolic OH excluding ortho intramolecular Hbond substituents is 1. The number of rotatable bonds is 4. The molecule has 0 heterocycles. The summed E-state index contributed by atoms with van der Waals surface area (Å²) >= 11 is 0. The average molecular weight is 218 g/mol. The molecular formula is C10H11NaO4. The SMILES string of the molecule is COC(Cc1ccc(O)cc1)C(=O)[O-].[Na+]. The fourth-order valence-corrected chi connectivity index (χ4v) is 1.11. The van der Waals surface area contributed by atoms with E-state index in [2.05, 4.69) is 0 Å². The second-order valence-electron chi connectivity index (χ2n) is 2.91. The number of carbonyl (C=O) groups excluding carboxylic acids is 1.